The number of carboxylic acids is 1. The Labute approximate surface area is 117 Å². The van der Waals surface area contributed by atoms with Gasteiger partial charge in [0.25, 0.3) is 0 Å². The number of benzene rings is 1. The molecule has 1 amide bonds. The predicted molar refractivity (Wildman–Crippen MR) is 72.8 cm³/mol. The van der Waals surface area contributed by atoms with Crippen LogP contribution in [0.2, 0.25) is 0 Å². The van der Waals surface area contributed by atoms with Crippen LogP contribution in [0.3, 0.4) is 0 Å². The topological polar surface area (TPSA) is 95.9 Å². The van der Waals surface area contributed by atoms with Crippen molar-refractivity contribution in [1.82, 2.24) is 5.32 Å². The number of carbonyl (C=O) groups is 2. The number of ether oxygens (including phenoxy) is 1. The van der Waals surface area contributed by atoms with Crippen molar-refractivity contribution >= 4 is 11.9 Å². The van der Waals surface area contributed by atoms with Crippen LogP contribution in [0.15, 0.2) is 18.2 Å². The summed E-state index contributed by atoms with van der Waals surface area (Å²) in [5.41, 5.74) is 0.851. The van der Waals surface area contributed by atoms with E-state index in [4.69, 9.17) is 9.84 Å². The fourth-order valence-corrected chi connectivity index (χ4v) is 1.94. The molecule has 6 heteroatoms. The first-order chi connectivity index (χ1) is 9.42. The zero-order chi connectivity index (χ0) is 15.1. The number of amides is 1. The van der Waals surface area contributed by atoms with E-state index in [1.54, 1.807) is 12.1 Å². The molecule has 1 aromatic rings. The van der Waals surface area contributed by atoms with Gasteiger partial charge < -0.3 is 20.3 Å². The zero-order valence-electron chi connectivity index (χ0n) is 11.5. The van der Waals surface area contributed by atoms with Gasteiger partial charge in [0, 0.05) is 19.4 Å². The maximum absolute atomic E-state index is 11.1. The number of nitrogens with one attached hydrogen (secondary N) is 1. The lowest BCUT2D eigenvalue weighted by molar-refractivity contribution is -0.137. The molecular weight excluding hydrogens is 262 g/mol. The Bertz CT molecular complexity index is 486. The first kappa shape index (κ1) is 15.8. The summed E-state index contributed by atoms with van der Waals surface area (Å²) >= 11 is 0. The van der Waals surface area contributed by atoms with E-state index in [9.17, 15) is 14.7 Å². The Kier molecular flexibility index (Phi) is 5.83. The molecule has 0 aliphatic carbocycles. The lowest BCUT2D eigenvalue weighted by Crippen LogP contribution is -2.35. The van der Waals surface area contributed by atoms with Crippen LogP contribution in [0.1, 0.15) is 25.3 Å². The average Bonchev–Trinajstić information content (AvgIpc) is 2.37. The van der Waals surface area contributed by atoms with Gasteiger partial charge in [0.1, 0.15) is 0 Å². The van der Waals surface area contributed by atoms with Crippen LogP contribution < -0.4 is 10.1 Å². The summed E-state index contributed by atoms with van der Waals surface area (Å²) in [6.07, 6.45) is 0.807. The van der Waals surface area contributed by atoms with E-state index in [0.717, 1.165) is 5.56 Å². The van der Waals surface area contributed by atoms with Crippen LogP contribution in [0.4, 0.5) is 0 Å². The third kappa shape index (κ3) is 5.17. The molecule has 0 spiro atoms. The molecule has 6 nitrogen and oxygen atoms in total. The van der Waals surface area contributed by atoms with Gasteiger partial charge in [-0.05, 0) is 30.5 Å². The molecule has 1 aromatic carbocycles. The molecule has 0 radical (unpaired) electrons. The number of rotatable bonds is 7. The maximum atomic E-state index is 11.1. The van der Waals surface area contributed by atoms with Gasteiger partial charge in [-0.25, -0.2) is 0 Å². The minimum Gasteiger partial charge on any atom is -0.504 e. The Hall–Kier alpha value is -2.24. The van der Waals surface area contributed by atoms with Crippen molar-refractivity contribution in [3.05, 3.63) is 23.8 Å². The first-order valence-corrected chi connectivity index (χ1v) is 6.27. The highest BCUT2D eigenvalue weighted by molar-refractivity contribution is 5.73. The second-order valence-corrected chi connectivity index (χ2v) is 4.54. The van der Waals surface area contributed by atoms with Gasteiger partial charge in [-0.3, -0.25) is 9.59 Å². The molecule has 0 aromatic heterocycles. The molecule has 0 aliphatic rings. The van der Waals surface area contributed by atoms with Gasteiger partial charge in [-0.1, -0.05) is 6.07 Å². The van der Waals surface area contributed by atoms with E-state index < -0.39 is 5.97 Å². The molecule has 1 rings (SSSR count). The Balaban J connectivity index is 2.77. The minimum atomic E-state index is -0.899. The second kappa shape index (κ2) is 7.37. The number of phenols is 1. The molecule has 1 unspecified atom stereocenters. The number of methoxy groups -OCH3 is 1. The van der Waals surface area contributed by atoms with E-state index in [-0.39, 0.29) is 24.1 Å². The molecule has 0 saturated carbocycles. The van der Waals surface area contributed by atoms with Gasteiger partial charge in [0.15, 0.2) is 11.5 Å². The number of phenolic OH excluding ortho intramolecular Hbond substituents is 1. The summed E-state index contributed by atoms with van der Waals surface area (Å²) < 4.78 is 5.02. The normalized spacial score (nSPS) is 11.7. The monoisotopic (exact) mass is 281 g/mol. The highest BCUT2D eigenvalue weighted by atomic mass is 16.5. The van der Waals surface area contributed by atoms with E-state index in [2.05, 4.69) is 5.32 Å². The van der Waals surface area contributed by atoms with Crippen LogP contribution >= 0.6 is 0 Å². The smallest absolute Gasteiger partial charge is 0.303 e. The van der Waals surface area contributed by atoms with Crippen LogP contribution in [0, 0.1) is 0 Å². The van der Waals surface area contributed by atoms with Crippen LogP contribution in [-0.4, -0.2) is 35.2 Å². The summed E-state index contributed by atoms with van der Waals surface area (Å²) in [5.74, 6) is -0.713. The van der Waals surface area contributed by atoms with Crippen molar-refractivity contribution in [3.8, 4) is 11.5 Å². The number of aromatic hydroxyl groups is 1. The molecule has 0 fully saturated rings. The zero-order valence-corrected chi connectivity index (χ0v) is 11.5. The number of carbonyl (C=O) groups excluding carboxylic acids is 1. The first-order valence-electron chi connectivity index (χ1n) is 6.27. The van der Waals surface area contributed by atoms with Gasteiger partial charge >= 0.3 is 5.97 Å². The average molecular weight is 281 g/mol. The van der Waals surface area contributed by atoms with E-state index in [1.165, 1.54) is 20.1 Å². The Morgan fingerprint density at radius 1 is 1.40 bits per heavy atom. The van der Waals surface area contributed by atoms with Crippen LogP contribution in [0.5, 0.6) is 11.5 Å². The van der Waals surface area contributed by atoms with Crippen LogP contribution in [0.25, 0.3) is 0 Å². The SMILES string of the molecule is COc1cc(CC(CCC(=O)O)NC(C)=O)ccc1O. The fraction of sp³-hybridized carbons (Fsp3) is 0.429. The summed E-state index contributed by atoms with van der Waals surface area (Å²) in [6.45, 7) is 1.39. The van der Waals surface area contributed by atoms with Crippen LogP contribution in [-0.2, 0) is 16.0 Å². The third-order valence-electron chi connectivity index (χ3n) is 2.84. The summed E-state index contributed by atoms with van der Waals surface area (Å²) in [7, 11) is 1.45. The van der Waals surface area contributed by atoms with Crippen molar-refractivity contribution in [2.24, 2.45) is 0 Å². The van der Waals surface area contributed by atoms with Gasteiger partial charge in [-0.15, -0.1) is 0 Å². The third-order valence-corrected chi connectivity index (χ3v) is 2.84. The quantitative estimate of drug-likeness (QED) is 0.700. The molecule has 0 bridgehead atoms. The van der Waals surface area contributed by atoms with Gasteiger partial charge in [-0.2, -0.15) is 0 Å². The molecule has 1 atom stereocenters. The van der Waals surface area contributed by atoms with Crippen molar-refractivity contribution in [1.29, 1.82) is 0 Å². The lowest BCUT2D eigenvalue weighted by Gasteiger charge is -2.17. The van der Waals surface area contributed by atoms with Crippen molar-refractivity contribution in [2.45, 2.75) is 32.2 Å². The largest absolute Gasteiger partial charge is 0.504 e. The summed E-state index contributed by atoms with van der Waals surface area (Å²) in [4.78, 5) is 21.8. The highest BCUT2D eigenvalue weighted by Crippen LogP contribution is 2.27. The van der Waals surface area contributed by atoms with Crippen molar-refractivity contribution in [3.63, 3.8) is 0 Å². The van der Waals surface area contributed by atoms with Crippen molar-refractivity contribution in [2.75, 3.05) is 7.11 Å². The maximum Gasteiger partial charge on any atom is 0.303 e. The predicted octanol–water partition coefficient (Wildman–Crippen LogP) is 1.31. The lowest BCUT2D eigenvalue weighted by atomic mass is 10.0. The molecule has 0 aliphatic heterocycles. The molecule has 110 valence electrons. The van der Waals surface area contributed by atoms with E-state index in [1.807, 2.05) is 0 Å². The van der Waals surface area contributed by atoms with E-state index in [0.29, 0.717) is 18.6 Å². The Morgan fingerprint density at radius 2 is 2.10 bits per heavy atom. The van der Waals surface area contributed by atoms with Gasteiger partial charge in [0.2, 0.25) is 5.91 Å². The molecular formula is C14H19NO5. The summed E-state index contributed by atoms with van der Waals surface area (Å²) in [6, 6.07) is 4.63. The van der Waals surface area contributed by atoms with E-state index >= 15 is 0 Å². The number of aliphatic carboxylic acids is 1. The fourth-order valence-electron chi connectivity index (χ4n) is 1.94. The number of hydrogen-bond donors (Lipinski definition) is 3. The molecule has 3 N–H and O–H groups in total. The Morgan fingerprint density at radius 3 is 2.65 bits per heavy atom. The second-order valence-electron chi connectivity index (χ2n) is 4.54. The summed E-state index contributed by atoms with van der Waals surface area (Å²) in [5, 5.41) is 21.0. The number of carboxylic acid groups (broad SMARTS) is 1. The standard InChI is InChI=1S/C14H19NO5/c1-9(16)15-11(4-6-14(18)19)7-10-3-5-12(17)13(8-10)20-2/h3,5,8,11,17H,4,6-7H2,1-2H3,(H,15,16)(H,18,19). The van der Waals surface area contributed by atoms with Crippen molar-refractivity contribution < 1.29 is 24.5 Å². The highest BCUT2D eigenvalue weighted by Gasteiger charge is 2.14. The minimum absolute atomic E-state index is 0.0137. The molecule has 0 saturated heterocycles. The van der Waals surface area contributed by atoms with Gasteiger partial charge in [0.05, 0.1) is 7.11 Å². The molecule has 0 heterocycles. The number of hydrogen-bond acceptors (Lipinski definition) is 4. The molecule has 20 heavy (non-hydrogen) atoms.